The number of nitrogens with two attached hydrogens (primary N) is 1. The van der Waals surface area contributed by atoms with Crippen LogP contribution in [0.25, 0.3) is 0 Å². The maximum atomic E-state index is 13.2. The summed E-state index contributed by atoms with van der Waals surface area (Å²) >= 11 is 0. The van der Waals surface area contributed by atoms with Crippen LogP contribution in [0.5, 0.6) is 0 Å². The summed E-state index contributed by atoms with van der Waals surface area (Å²) in [5, 5.41) is 14.4. The molecule has 0 amide bonds. The number of nitrogens with one attached hydrogen (secondary N) is 1. The van der Waals surface area contributed by atoms with E-state index >= 15 is 0 Å². The van der Waals surface area contributed by atoms with Gasteiger partial charge in [-0.1, -0.05) is 11.2 Å². The van der Waals surface area contributed by atoms with Crippen molar-refractivity contribution in [2.45, 2.75) is 26.3 Å². The van der Waals surface area contributed by atoms with Crippen LogP contribution in [0.2, 0.25) is 0 Å². The van der Waals surface area contributed by atoms with Gasteiger partial charge in [0, 0.05) is 18.2 Å². The van der Waals surface area contributed by atoms with E-state index in [-0.39, 0.29) is 17.7 Å². The van der Waals surface area contributed by atoms with Crippen LogP contribution in [0.15, 0.2) is 23.4 Å². The minimum atomic E-state index is -0.249. The number of aryl methyl sites for hydroxylation is 1. The normalized spacial score (nSPS) is 13.6. The van der Waals surface area contributed by atoms with Crippen molar-refractivity contribution < 1.29 is 9.60 Å². The molecular formula is C11H16FN3O. The molecule has 88 valence electrons. The number of oxime groups is 1. The van der Waals surface area contributed by atoms with Gasteiger partial charge in [-0.25, -0.2) is 4.39 Å². The minimum Gasteiger partial charge on any atom is -0.409 e. The molecule has 1 atom stereocenters. The topological polar surface area (TPSA) is 70.6 Å². The Balaban J connectivity index is 2.63. The molecule has 1 unspecified atom stereocenters. The number of hydrogen-bond acceptors (Lipinski definition) is 3. The van der Waals surface area contributed by atoms with Crippen LogP contribution in [0, 0.1) is 12.7 Å². The summed E-state index contributed by atoms with van der Waals surface area (Å²) in [5.41, 5.74) is 6.66. The van der Waals surface area contributed by atoms with E-state index < -0.39 is 0 Å². The largest absolute Gasteiger partial charge is 0.409 e. The third-order valence-corrected chi connectivity index (χ3v) is 2.23. The molecule has 1 aromatic carbocycles. The van der Waals surface area contributed by atoms with Crippen molar-refractivity contribution in [1.82, 2.24) is 0 Å². The Morgan fingerprint density at radius 3 is 2.88 bits per heavy atom. The first-order chi connectivity index (χ1) is 7.52. The molecule has 5 heteroatoms. The molecule has 0 spiro atoms. The first-order valence-electron chi connectivity index (χ1n) is 5.02. The lowest BCUT2D eigenvalue weighted by Crippen LogP contribution is -2.24. The minimum absolute atomic E-state index is 0.0296. The van der Waals surface area contributed by atoms with Gasteiger partial charge in [-0.05, 0) is 31.5 Å². The van der Waals surface area contributed by atoms with Crippen LogP contribution in [0.4, 0.5) is 10.1 Å². The van der Waals surface area contributed by atoms with E-state index in [1.165, 1.54) is 6.07 Å². The molecule has 0 bridgehead atoms. The summed E-state index contributed by atoms with van der Waals surface area (Å²) in [7, 11) is 0. The van der Waals surface area contributed by atoms with Gasteiger partial charge in [-0.2, -0.15) is 0 Å². The van der Waals surface area contributed by atoms with E-state index in [2.05, 4.69) is 10.5 Å². The first-order valence-corrected chi connectivity index (χ1v) is 5.02. The van der Waals surface area contributed by atoms with Crippen molar-refractivity contribution in [3.8, 4) is 0 Å². The number of anilines is 1. The van der Waals surface area contributed by atoms with Crippen LogP contribution in [-0.2, 0) is 0 Å². The predicted molar refractivity (Wildman–Crippen MR) is 62.2 cm³/mol. The van der Waals surface area contributed by atoms with E-state index in [0.717, 1.165) is 0 Å². The summed E-state index contributed by atoms with van der Waals surface area (Å²) in [6, 6.07) is 4.89. The Kier molecular flexibility index (Phi) is 4.10. The lowest BCUT2D eigenvalue weighted by atomic mass is 10.1. The number of nitrogens with zero attached hydrogens (tertiary/aromatic N) is 1. The first kappa shape index (κ1) is 12.3. The highest BCUT2D eigenvalue weighted by molar-refractivity contribution is 5.80. The number of benzene rings is 1. The van der Waals surface area contributed by atoms with E-state index in [1.807, 2.05) is 6.92 Å². The van der Waals surface area contributed by atoms with Gasteiger partial charge in [0.1, 0.15) is 11.7 Å². The number of hydrogen-bond donors (Lipinski definition) is 3. The molecule has 1 aromatic rings. The molecule has 0 aliphatic carbocycles. The summed E-state index contributed by atoms with van der Waals surface area (Å²) in [6.07, 6.45) is 0.395. The summed E-state index contributed by atoms with van der Waals surface area (Å²) in [4.78, 5) is 0. The van der Waals surface area contributed by atoms with E-state index in [9.17, 15) is 4.39 Å². The fourth-order valence-corrected chi connectivity index (χ4v) is 1.37. The lowest BCUT2D eigenvalue weighted by Gasteiger charge is -2.14. The average molecular weight is 225 g/mol. The van der Waals surface area contributed by atoms with Crippen molar-refractivity contribution in [3.05, 3.63) is 29.6 Å². The standard InChI is InChI=1S/C11H16FN3O/c1-7-3-4-9(6-10(7)12)14-8(2)5-11(13)15-16/h3-4,6,8,14,16H,5H2,1-2H3,(H2,13,15). The molecule has 0 aliphatic heterocycles. The maximum Gasteiger partial charge on any atom is 0.141 e. The quantitative estimate of drug-likeness (QED) is 0.318. The Hall–Kier alpha value is -1.78. The van der Waals surface area contributed by atoms with Gasteiger partial charge in [0.05, 0.1) is 0 Å². The van der Waals surface area contributed by atoms with E-state index in [4.69, 9.17) is 10.9 Å². The van der Waals surface area contributed by atoms with Crippen molar-refractivity contribution >= 4 is 11.5 Å². The molecule has 1 rings (SSSR count). The van der Waals surface area contributed by atoms with Gasteiger partial charge in [-0.15, -0.1) is 0 Å². The highest BCUT2D eigenvalue weighted by Gasteiger charge is 2.06. The van der Waals surface area contributed by atoms with Gasteiger partial charge in [0.15, 0.2) is 0 Å². The molecule has 0 heterocycles. The second-order valence-corrected chi connectivity index (χ2v) is 3.80. The number of halogens is 1. The summed E-state index contributed by atoms with van der Waals surface area (Å²) in [5.74, 6) is -0.103. The smallest absolute Gasteiger partial charge is 0.141 e. The Labute approximate surface area is 94.0 Å². The van der Waals surface area contributed by atoms with Crippen molar-refractivity contribution in [2.75, 3.05) is 5.32 Å². The molecule has 16 heavy (non-hydrogen) atoms. The van der Waals surface area contributed by atoms with Crippen molar-refractivity contribution in [2.24, 2.45) is 10.9 Å². The summed E-state index contributed by atoms with van der Waals surface area (Å²) in [6.45, 7) is 3.58. The second-order valence-electron chi connectivity index (χ2n) is 3.80. The average Bonchev–Trinajstić information content (AvgIpc) is 2.23. The van der Waals surface area contributed by atoms with E-state index in [1.54, 1.807) is 19.1 Å². The SMILES string of the molecule is Cc1ccc(NC(C)CC(N)=NO)cc1F. The second kappa shape index (κ2) is 5.34. The van der Waals surface area contributed by atoms with Crippen LogP contribution in [0.3, 0.4) is 0 Å². The fourth-order valence-electron chi connectivity index (χ4n) is 1.37. The molecule has 0 aliphatic rings. The molecule has 0 aromatic heterocycles. The van der Waals surface area contributed by atoms with Gasteiger partial charge >= 0.3 is 0 Å². The van der Waals surface area contributed by atoms with Crippen LogP contribution in [0.1, 0.15) is 18.9 Å². The third-order valence-electron chi connectivity index (χ3n) is 2.23. The number of amidine groups is 1. The zero-order chi connectivity index (χ0) is 12.1. The van der Waals surface area contributed by atoms with Crippen molar-refractivity contribution in [3.63, 3.8) is 0 Å². The van der Waals surface area contributed by atoms with Crippen molar-refractivity contribution in [1.29, 1.82) is 0 Å². The van der Waals surface area contributed by atoms with Crippen LogP contribution < -0.4 is 11.1 Å². The van der Waals surface area contributed by atoms with E-state index in [0.29, 0.717) is 17.7 Å². The van der Waals surface area contributed by atoms with Gasteiger partial charge in [0.25, 0.3) is 0 Å². The highest BCUT2D eigenvalue weighted by Crippen LogP contribution is 2.15. The monoisotopic (exact) mass is 225 g/mol. The predicted octanol–water partition coefficient (Wildman–Crippen LogP) is 2.07. The molecule has 4 nitrogen and oxygen atoms in total. The van der Waals surface area contributed by atoms with Gasteiger partial charge < -0.3 is 16.3 Å². The molecule has 0 saturated carbocycles. The maximum absolute atomic E-state index is 13.2. The zero-order valence-electron chi connectivity index (χ0n) is 9.37. The Morgan fingerprint density at radius 2 is 2.31 bits per heavy atom. The fraction of sp³-hybridized carbons (Fsp3) is 0.364. The number of rotatable bonds is 4. The van der Waals surface area contributed by atoms with Gasteiger partial charge in [-0.3, -0.25) is 0 Å². The van der Waals surface area contributed by atoms with Crippen LogP contribution in [-0.4, -0.2) is 17.1 Å². The molecular weight excluding hydrogens is 209 g/mol. The zero-order valence-corrected chi connectivity index (χ0v) is 9.37. The molecule has 0 saturated heterocycles. The summed E-state index contributed by atoms with van der Waals surface area (Å²) < 4.78 is 13.2. The molecule has 4 N–H and O–H groups in total. The molecule has 0 radical (unpaired) electrons. The Bertz CT molecular complexity index is 393. The molecule has 0 fully saturated rings. The third kappa shape index (κ3) is 3.42. The van der Waals surface area contributed by atoms with Gasteiger partial charge in [0.2, 0.25) is 0 Å². The highest BCUT2D eigenvalue weighted by atomic mass is 19.1. The lowest BCUT2D eigenvalue weighted by molar-refractivity contribution is 0.316. The van der Waals surface area contributed by atoms with Crippen LogP contribution >= 0.6 is 0 Å². The Morgan fingerprint density at radius 1 is 1.62 bits per heavy atom.